The molecule has 0 amide bonds. The largest absolute Gasteiger partial charge is 0.469 e. The van der Waals surface area contributed by atoms with Gasteiger partial charge in [-0.2, -0.15) is 5.26 Å². The number of carbonyl (C=O) groups is 1. The number of nitrogens with one attached hydrogen (secondary N) is 6. The van der Waals surface area contributed by atoms with Crippen molar-refractivity contribution in [3.63, 3.8) is 0 Å². The second kappa shape index (κ2) is 41.4. The van der Waals surface area contributed by atoms with Crippen LogP contribution in [-0.4, -0.2) is 160 Å². The fourth-order valence-electron chi connectivity index (χ4n) is 14.4. The third kappa shape index (κ3) is 23.6. The zero-order chi connectivity index (χ0) is 103. The Morgan fingerprint density at radius 3 is 1.11 bits per heavy atom. The molecule has 47 heteroatoms. The van der Waals surface area contributed by atoms with Crippen molar-refractivity contribution in [3.8, 4) is 51.6 Å². The molecule has 0 spiro atoms. The highest BCUT2D eigenvalue weighted by Crippen LogP contribution is 2.40. The number of hydrogen-bond acceptors (Lipinski definition) is 30. The maximum absolute atomic E-state index is 14.8. The molecule has 742 valence electrons. The van der Waals surface area contributed by atoms with Gasteiger partial charge in [-0.3, -0.25) is 14.3 Å². The number of fused-ring (bicyclic) bond motifs is 4. The number of pyridine rings is 4. The van der Waals surface area contributed by atoms with Crippen molar-refractivity contribution < 1.29 is 79.6 Å². The fraction of sp³-hybridized carbons (Fsp3) is 0.295. The molecule has 13 heterocycles. The third-order valence-corrected chi connectivity index (χ3v) is 27.6. The van der Waals surface area contributed by atoms with Crippen LogP contribution >= 0.6 is 0 Å². The Hall–Kier alpha value is -15.6. The number of hydrogen-bond donors (Lipinski definition) is 8. The van der Waals surface area contributed by atoms with E-state index in [1.165, 1.54) is 68.2 Å². The number of oxime groups is 1. The number of ether oxygens (including phenoxy) is 1. The van der Waals surface area contributed by atoms with Crippen LogP contribution in [0, 0.1) is 100 Å². The minimum Gasteiger partial charge on any atom is -0.469 e. The number of esters is 1. The summed E-state index contributed by atoms with van der Waals surface area (Å²) in [6.45, 7) is 28.3. The summed E-state index contributed by atoms with van der Waals surface area (Å²) < 4.78 is 208. The number of amidine groups is 1. The summed E-state index contributed by atoms with van der Waals surface area (Å²) in [5.74, 6) is -6.90. The van der Waals surface area contributed by atoms with Crippen LogP contribution < -0.4 is 32.8 Å². The Morgan fingerprint density at radius 2 is 0.789 bits per heavy atom. The van der Waals surface area contributed by atoms with E-state index < -0.39 is 123 Å². The van der Waals surface area contributed by atoms with E-state index in [2.05, 4.69) is 112 Å². The Kier molecular flexibility index (Phi) is 30.3. The second-order valence-corrected chi connectivity index (χ2v) is 42.7. The van der Waals surface area contributed by atoms with Gasteiger partial charge in [-0.25, -0.2) is 137 Å². The van der Waals surface area contributed by atoms with Crippen LogP contribution in [0.2, 0.25) is 0 Å². The molecule has 0 fully saturated rings. The van der Waals surface area contributed by atoms with Crippen molar-refractivity contribution >= 4 is 109 Å². The maximum Gasteiger partial charge on any atom is 0.438 e. The van der Waals surface area contributed by atoms with Crippen molar-refractivity contribution in [2.24, 2.45) is 32.5 Å². The van der Waals surface area contributed by atoms with Gasteiger partial charge in [-0.15, -0.1) is 0 Å². The molecule has 13 aromatic heterocycles. The number of benzene rings is 3. The molecule has 4 atom stereocenters. The number of anilines is 4. The number of aryl methyl sites for hydroxylation is 3. The predicted octanol–water partition coefficient (Wildman–Crippen LogP) is 17.1. The first-order valence-corrected chi connectivity index (χ1v) is 47.8. The van der Waals surface area contributed by atoms with Crippen LogP contribution in [0.4, 0.5) is 58.4 Å². The Bertz CT molecular complexity index is 7930. The molecular formula is C95H97F8N25O11S3. The number of aromatic amines is 2. The molecule has 4 unspecified atom stereocenters. The van der Waals surface area contributed by atoms with E-state index in [-0.39, 0.29) is 154 Å². The number of nitriles is 1. The van der Waals surface area contributed by atoms with Gasteiger partial charge >= 0.3 is 11.7 Å². The number of aromatic nitrogens is 18. The van der Waals surface area contributed by atoms with Crippen molar-refractivity contribution in [1.29, 1.82) is 5.26 Å². The highest BCUT2D eigenvalue weighted by molar-refractivity contribution is 7.90. The topological polar surface area (TPSA) is 503 Å². The predicted molar refractivity (Wildman–Crippen MR) is 514 cm³/mol. The molecule has 3 aromatic carbocycles. The molecule has 142 heavy (non-hydrogen) atoms. The van der Waals surface area contributed by atoms with Crippen molar-refractivity contribution in [2.75, 3.05) is 28.4 Å². The minimum atomic E-state index is -4.12. The van der Waals surface area contributed by atoms with Crippen molar-refractivity contribution in [3.05, 3.63) is 251 Å². The summed E-state index contributed by atoms with van der Waals surface area (Å²) >= 11 is 0. The van der Waals surface area contributed by atoms with E-state index in [0.717, 1.165) is 96.4 Å². The summed E-state index contributed by atoms with van der Waals surface area (Å²) in [6, 6.07) is 23.7. The van der Waals surface area contributed by atoms with Gasteiger partial charge in [-0.1, -0.05) is 146 Å². The van der Waals surface area contributed by atoms with Crippen LogP contribution in [0.5, 0.6) is 0 Å². The number of halogens is 8. The highest BCUT2D eigenvalue weighted by atomic mass is 32.2. The lowest BCUT2D eigenvalue weighted by Gasteiger charge is -2.31. The lowest BCUT2D eigenvalue weighted by Crippen LogP contribution is -2.38. The molecule has 0 aliphatic heterocycles. The molecule has 0 bridgehead atoms. The molecule has 0 saturated heterocycles. The van der Waals surface area contributed by atoms with Crippen LogP contribution in [0.1, 0.15) is 125 Å². The summed E-state index contributed by atoms with van der Waals surface area (Å²) in [7, 11) is -11.1. The zero-order valence-electron chi connectivity index (χ0n) is 79.2. The molecule has 36 nitrogen and oxygen atoms in total. The van der Waals surface area contributed by atoms with Gasteiger partial charge in [0.1, 0.15) is 34.8 Å². The zero-order valence-corrected chi connectivity index (χ0v) is 81.7. The first-order chi connectivity index (χ1) is 66.7. The van der Waals surface area contributed by atoms with Crippen LogP contribution in [0.3, 0.4) is 0 Å². The first kappa shape index (κ1) is 104. The van der Waals surface area contributed by atoms with Crippen LogP contribution in [0.15, 0.2) is 201 Å². The van der Waals surface area contributed by atoms with Gasteiger partial charge in [0.15, 0.2) is 92.6 Å². The number of methoxy groups -OCH3 is 1. The minimum absolute atomic E-state index is 0.0101. The average Bonchev–Trinajstić information content (AvgIpc) is 1.60. The number of carbonyl (C=O) groups excluding carboxylic acids is 1. The van der Waals surface area contributed by atoms with E-state index in [1.807, 2.05) is 104 Å². The average molecular weight is 2010 g/mol. The van der Waals surface area contributed by atoms with Gasteiger partial charge in [0, 0.05) is 106 Å². The fourth-order valence-corrected chi connectivity index (χ4v) is 18.3. The van der Waals surface area contributed by atoms with E-state index in [4.69, 9.17) is 15.7 Å². The molecule has 16 rings (SSSR count). The number of H-pyrrole nitrogens is 2. The Morgan fingerprint density at radius 1 is 0.472 bits per heavy atom. The van der Waals surface area contributed by atoms with E-state index in [0.29, 0.717) is 22.4 Å². The summed E-state index contributed by atoms with van der Waals surface area (Å²) in [5.41, 5.74) is 7.93. The van der Waals surface area contributed by atoms with E-state index >= 15 is 0 Å². The Labute approximate surface area is 808 Å². The van der Waals surface area contributed by atoms with Gasteiger partial charge in [0.05, 0.1) is 90.3 Å². The molecule has 0 radical (unpaired) electrons. The number of nitrogens with two attached hydrogens (primary N) is 1. The number of rotatable bonds is 25. The van der Waals surface area contributed by atoms with Crippen molar-refractivity contribution in [1.82, 2.24) is 86.8 Å². The molecule has 0 aliphatic carbocycles. The van der Waals surface area contributed by atoms with Crippen molar-refractivity contribution in [2.45, 2.75) is 168 Å². The standard InChI is InChI=1S/C26H27F2N5O4S.C25H27F2N7O3S.C25H24F2N6O2S.C19H19F2N7O2/c1-15-6-8-17(9-7-15)38(35,36)33-14-19(18-10-16(27)12-30-25(18)33)23-29-13-20(28)24(32-23)31-21(26(2,3)4)11-22(34)37-5;1-14-5-7-16(8-6-14)38(36,37)34-13-18(17-9-15(26)11-30-24(17)34)22-29-12-19(27)23(32-22)31-20(25(2,3)4)10-21(28)33-35;1-15-5-7-17(8-6-15)36(34,35)33-14-19(18-11-16(26)12-30-24(18)33)22-29-13-20(27)23(32-22)31-21(9-10-28)25(2,3)4;1-19(2,3)13(5-14-26-18(29)30-28-14)25-17-12(21)8-24-16(27-17)11-7-23-15-10(11)4-9(20)6-22-15/h6-10,12-14,21H,11H2,1-5H3,(H,29,31,32);5-9,11-13,20,35H,10H2,1-4H3,(H2,28,33)(H,29,31,32);5-8,11-14,21H,9H2,1-4H3,(H,29,31,32);4,6-8,13H,5H2,1-3H3,(H,22,23)(H,24,25,27)(H,26,28,29). The smallest absolute Gasteiger partial charge is 0.438 e. The SMILES string of the molecule is CC(C)(C)C(Cc1noc(=O)[nH]1)Nc1nc(-c2c[nH]c3ncc(F)cc23)ncc1F.COC(=O)CC(Nc1nc(-c2cn(S(=O)(=O)c3ccc(C)cc3)c3ncc(F)cc23)ncc1F)C(C)(C)C.Cc1ccc(S(=O)(=O)n2cc(-c3ncc(F)c(NC(C/C(N)=N/O)C(C)(C)C)n3)c3cc(F)cnc32)cc1.Cc1ccc(S(=O)(=O)n2cc(-c3ncc(F)c(NC(CC#N)C(C)(C)C)n3)c3cc(F)cnc32)cc1. The highest BCUT2D eigenvalue weighted by Gasteiger charge is 2.36. The molecular weight excluding hydrogens is 1920 g/mol. The maximum atomic E-state index is 14.8. The monoisotopic (exact) mass is 2010 g/mol. The molecule has 0 aliphatic rings. The Balaban J connectivity index is 0.000000160. The van der Waals surface area contributed by atoms with Crippen LogP contribution in [0.25, 0.3) is 89.7 Å². The lowest BCUT2D eigenvalue weighted by atomic mass is 9.84. The first-order valence-electron chi connectivity index (χ1n) is 43.5. The van der Waals surface area contributed by atoms with Gasteiger partial charge < -0.3 is 41.9 Å². The molecule has 9 N–H and O–H groups in total. The lowest BCUT2D eigenvalue weighted by molar-refractivity contribution is -0.141. The van der Waals surface area contributed by atoms with E-state index in [9.17, 15) is 75.2 Å². The van der Waals surface area contributed by atoms with Gasteiger partial charge in [0.2, 0.25) is 0 Å². The quantitative estimate of drug-likeness (QED) is 0.00658. The van der Waals surface area contributed by atoms with E-state index in [1.54, 1.807) is 42.6 Å². The third-order valence-electron chi connectivity index (χ3n) is 22.7. The van der Waals surface area contributed by atoms with Gasteiger partial charge in [-0.05, 0) is 103 Å². The normalized spacial score (nSPS) is 13.1. The number of nitrogens with zero attached hydrogens (tertiary/aromatic N) is 18. The molecule has 16 aromatic rings. The van der Waals surface area contributed by atoms with Gasteiger partial charge in [0.25, 0.3) is 30.1 Å². The summed E-state index contributed by atoms with van der Waals surface area (Å²) in [5, 5.41) is 37.7. The molecule has 0 saturated carbocycles. The summed E-state index contributed by atoms with van der Waals surface area (Å²) in [6.07, 6.45) is 13.4. The second-order valence-electron chi connectivity index (χ2n) is 37.3. The van der Waals surface area contributed by atoms with Crippen LogP contribution in [-0.2, 0) is 46.0 Å². The summed E-state index contributed by atoms with van der Waals surface area (Å²) in [4.78, 5) is 78.0.